The normalized spacial score (nSPS) is 16.0. The molecule has 0 aliphatic carbocycles. The lowest BCUT2D eigenvalue weighted by molar-refractivity contribution is 0.711. The van der Waals surface area contributed by atoms with Crippen LogP contribution in [0.5, 0.6) is 0 Å². The summed E-state index contributed by atoms with van der Waals surface area (Å²) in [5.74, 6) is 0. The summed E-state index contributed by atoms with van der Waals surface area (Å²) in [5, 5.41) is 3.45. The smallest absolute Gasteiger partial charge is 0.0503 e. The lowest BCUT2D eigenvalue weighted by Crippen LogP contribution is -2.30. The Morgan fingerprint density at radius 1 is 1.07 bits per heavy atom. The molecule has 1 aliphatic rings. The number of anilines is 1. The molecular weight excluding hydrogens is 170 g/mol. The van der Waals surface area contributed by atoms with Gasteiger partial charge in [0.15, 0.2) is 0 Å². The topological polar surface area (TPSA) is 12.0 Å². The van der Waals surface area contributed by atoms with Crippen molar-refractivity contribution in [2.24, 2.45) is 0 Å². The van der Waals surface area contributed by atoms with E-state index in [4.69, 9.17) is 0 Å². The zero-order chi connectivity index (χ0) is 10.6. The monoisotopic (exact) mass is 189 g/mol. The molecule has 0 fully saturated rings. The molecule has 1 aliphatic heterocycles. The van der Waals surface area contributed by atoms with E-state index < -0.39 is 0 Å². The lowest BCUT2D eigenvalue weighted by Gasteiger charge is -2.28. The van der Waals surface area contributed by atoms with Crippen molar-refractivity contribution in [2.45, 2.75) is 33.2 Å². The van der Waals surface area contributed by atoms with Gasteiger partial charge in [0.2, 0.25) is 0 Å². The summed E-state index contributed by atoms with van der Waals surface area (Å²) in [7, 11) is 0. The largest absolute Gasteiger partial charge is 0.376 e. The molecule has 1 nitrogen and oxygen atoms in total. The maximum atomic E-state index is 3.45. The average molecular weight is 189 g/mol. The maximum Gasteiger partial charge on any atom is 0.0503 e. The van der Waals surface area contributed by atoms with Gasteiger partial charge in [-0.3, -0.25) is 0 Å². The van der Waals surface area contributed by atoms with Crippen LogP contribution in [-0.4, -0.2) is 5.54 Å². The van der Waals surface area contributed by atoms with Crippen molar-refractivity contribution in [2.75, 3.05) is 5.32 Å². The molecule has 0 saturated carbocycles. The molecule has 76 valence electrons. The van der Waals surface area contributed by atoms with Crippen molar-refractivity contribution in [3.63, 3.8) is 0 Å². The van der Waals surface area contributed by atoms with E-state index >= 15 is 0 Å². The van der Waals surface area contributed by atoms with Crippen LogP contribution in [0.2, 0.25) is 0 Å². The molecule has 0 bridgehead atoms. The molecular formula is C13H19N. The highest BCUT2D eigenvalue weighted by molar-refractivity contribution is 5.71. The highest BCUT2D eigenvalue weighted by Crippen LogP contribution is 2.27. The molecule has 0 unspecified atom stereocenters. The van der Waals surface area contributed by atoms with E-state index in [1.54, 1.807) is 0 Å². The Kier molecular flexibility index (Phi) is 3.34. The number of benzene rings is 1. The Hall–Kier alpha value is -1.24. The first-order chi connectivity index (χ1) is 6.67. The van der Waals surface area contributed by atoms with Crippen LogP contribution in [0.3, 0.4) is 0 Å². The number of nitrogens with one attached hydrogen (secondary N) is 1. The summed E-state index contributed by atoms with van der Waals surface area (Å²) in [6.45, 7) is 8.33. The van der Waals surface area contributed by atoms with E-state index in [9.17, 15) is 0 Å². The summed E-state index contributed by atoms with van der Waals surface area (Å²) in [6.07, 6.45) is 4.36. The molecule has 0 aromatic heterocycles. The molecule has 0 saturated heterocycles. The minimum absolute atomic E-state index is 0.0916. The lowest BCUT2D eigenvalue weighted by atomic mass is 9.97. The van der Waals surface area contributed by atoms with E-state index in [1.165, 1.54) is 11.3 Å². The van der Waals surface area contributed by atoms with Crippen LogP contribution in [-0.2, 0) is 0 Å². The van der Waals surface area contributed by atoms with Crippen molar-refractivity contribution in [3.05, 3.63) is 35.9 Å². The number of hydrogen-bond acceptors (Lipinski definition) is 1. The second kappa shape index (κ2) is 4.32. The fraction of sp³-hybridized carbons (Fsp3) is 0.385. The molecule has 0 spiro atoms. The van der Waals surface area contributed by atoms with E-state index in [0.29, 0.717) is 0 Å². The summed E-state index contributed by atoms with van der Waals surface area (Å²) in [6, 6.07) is 8.35. The first kappa shape index (κ1) is 10.8. The van der Waals surface area contributed by atoms with E-state index in [0.717, 1.165) is 0 Å². The van der Waals surface area contributed by atoms with Gasteiger partial charge < -0.3 is 5.32 Å². The van der Waals surface area contributed by atoms with Crippen LogP contribution in [0.15, 0.2) is 30.3 Å². The third-order valence-electron chi connectivity index (χ3n) is 2.10. The molecule has 1 aromatic carbocycles. The average Bonchev–Trinajstić information content (AvgIpc) is 2.19. The summed E-state index contributed by atoms with van der Waals surface area (Å²) in [4.78, 5) is 0. The van der Waals surface area contributed by atoms with Gasteiger partial charge in [-0.2, -0.15) is 0 Å². The molecule has 0 radical (unpaired) electrons. The molecule has 14 heavy (non-hydrogen) atoms. The standard InChI is InChI=1S/C11H13N.C2H6/c1-11(2)8-7-9-5-3-4-6-10(9)12-11;1-2/h3-8,12H,1-2H3;1-2H3. The van der Waals surface area contributed by atoms with Gasteiger partial charge in [0.25, 0.3) is 0 Å². The van der Waals surface area contributed by atoms with Crippen LogP contribution < -0.4 is 5.32 Å². The van der Waals surface area contributed by atoms with Crippen LogP contribution in [0, 0.1) is 0 Å². The predicted octanol–water partition coefficient (Wildman–Crippen LogP) is 3.93. The summed E-state index contributed by atoms with van der Waals surface area (Å²) >= 11 is 0. The van der Waals surface area contributed by atoms with Crippen LogP contribution in [0.25, 0.3) is 6.08 Å². The van der Waals surface area contributed by atoms with E-state index in [-0.39, 0.29) is 5.54 Å². The molecule has 1 N–H and O–H groups in total. The SMILES string of the molecule is CC.CC1(C)C=Cc2ccccc2N1. The Labute approximate surface area is 86.8 Å². The molecule has 2 rings (SSSR count). The van der Waals surface area contributed by atoms with Crippen molar-refractivity contribution in [1.29, 1.82) is 0 Å². The Bertz CT molecular complexity index is 324. The van der Waals surface area contributed by atoms with Crippen molar-refractivity contribution in [1.82, 2.24) is 0 Å². The minimum Gasteiger partial charge on any atom is -0.376 e. The number of rotatable bonds is 0. The van der Waals surface area contributed by atoms with Gasteiger partial charge in [-0.15, -0.1) is 0 Å². The van der Waals surface area contributed by atoms with Gasteiger partial charge in [0.1, 0.15) is 0 Å². The molecule has 1 heterocycles. The zero-order valence-electron chi connectivity index (χ0n) is 9.46. The van der Waals surface area contributed by atoms with Gasteiger partial charge in [-0.05, 0) is 25.5 Å². The quantitative estimate of drug-likeness (QED) is 0.652. The number of hydrogen-bond donors (Lipinski definition) is 1. The first-order valence-corrected chi connectivity index (χ1v) is 5.24. The van der Waals surface area contributed by atoms with Crippen LogP contribution in [0.1, 0.15) is 33.3 Å². The van der Waals surface area contributed by atoms with E-state index in [2.05, 4.69) is 55.6 Å². The molecule has 1 aromatic rings. The molecule has 1 heteroatoms. The highest BCUT2D eigenvalue weighted by atomic mass is 15.0. The van der Waals surface area contributed by atoms with Crippen LogP contribution >= 0.6 is 0 Å². The zero-order valence-corrected chi connectivity index (χ0v) is 9.46. The summed E-state index contributed by atoms with van der Waals surface area (Å²) < 4.78 is 0. The number of para-hydroxylation sites is 1. The van der Waals surface area contributed by atoms with Gasteiger partial charge >= 0.3 is 0 Å². The summed E-state index contributed by atoms with van der Waals surface area (Å²) in [5.41, 5.74) is 2.59. The fourth-order valence-corrected chi connectivity index (χ4v) is 1.44. The second-order valence-electron chi connectivity index (χ2n) is 3.77. The predicted molar refractivity (Wildman–Crippen MR) is 64.5 cm³/mol. The van der Waals surface area contributed by atoms with Gasteiger partial charge in [0.05, 0.1) is 5.54 Å². The maximum absolute atomic E-state index is 3.45. The van der Waals surface area contributed by atoms with Crippen LogP contribution in [0.4, 0.5) is 5.69 Å². The van der Waals surface area contributed by atoms with Gasteiger partial charge in [-0.25, -0.2) is 0 Å². The fourth-order valence-electron chi connectivity index (χ4n) is 1.44. The molecule has 0 atom stereocenters. The third kappa shape index (κ3) is 2.38. The van der Waals surface area contributed by atoms with E-state index in [1.807, 2.05) is 13.8 Å². The van der Waals surface area contributed by atoms with Gasteiger partial charge in [-0.1, -0.05) is 44.2 Å². The second-order valence-corrected chi connectivity index (χ2v) is 3.77. The van der Waals surface area contributed by atoms with Gasteiger partial charge in [0, 0.05) is 5.69 Å². The minimum atomic E-state index is 0.0916. The number of fused-ring (bicyclic) bond motifs is 1. The van der Waals surface area contributed by atoms with Crippen molar-refractivity contribution < 1.29 is 0 Å². The van der Waals surface area contributed by atoms with Crippen molar-refractivity contribution >= 4 is 11.8 Å². The molecule has 0 amide bonds. The highest BCUT2D eigenvalue weighted by Gasteiger charge is 2.17. The first-order valence-electron chi connectivity index (χ1n) is 5.24. The Morgan fingerprint density at radius 3 is 2.43 bits per heavy atom. The third-order valence-corrected chi connectivity index (χ3v) is 2.10. The Morgan fingerprint density at radius 2 is 1.71 bits per heavy atom. The Balaban J connectivity index is 0.000000461. The van der Waals surface area contributed by atoms with Crippen molar-refractivity contribution in [3.8, 4) is 0 Å².